The molecule has 0 saturated carbocycles. The lowest BCUT2D eigenvalue weighted by Gasteiger charge is -2.31. The topological polar surface area (TPSA) is 41.3 Å². The number of nitrogens with zero attached hydrogens (tertiary/aromatic N) is 2. The number of nitrogens with one attached hydrogen (secondary N) is 1. The second-order valence-corrected chi connectivity index (χ2v) is 3.84. The number of hydrogen-bond acceptors (Lipinski definition) is 4. The largest absolute Gasteiger partial charge is 0.360 e. The third-order valence-electron chi connectivity index (χ3n) is 2.78. The molecule has 0 amide bonds. The summed E-state index contributed by atoms with van der Waals surface area (Å²) in [4.78, 5) is 2.41. The van der Waals surface area contributed by atoms with Gasteiger partial charge in [0, 0.05) is 18.7 Å². The molecular formula is C10H17N3O. The zero-order chi connectivity index (χ0) is 9.80. The Morgan fingerprint density at radius 2 is 2.64 bits per heavy atom. The molecule has 4 heteroatoms. The minimum absolute atomic E-state index is 0.631. The molecule has 0 spiro atoms. The van der Waals surface area contributed by atoms with Crippen LogP contribution in [0.3, 0.4) is 0 Å². The molecule has 1 fully saturated rings. The zero-order valence-corrected chi connectivity index (χ0v) is 8.57. The van der Waals surface area contributed by atoms with E-state index in [4.69, 9.17) is 4.52 Å². The lowest BCUT2D eigenvalue weighted by Crippen LogP contribution is -2.43. The highest BCUT2D eigenvalue weighted by Crippen LogP contribution is 2.12. The van der Waals surface area contributed by atoms with Crippen molar-refractivity contribution in [3.05, 3.63) is 18.0 Å². The summed E-state index contributed by atoms with van der Waals surface area (Å²) in [6.07, 6.45) is 4.25. The van der Waals surface area contributed by atoms with Crippen molar-refractivity contribution in [1.82, 2.24) is 15.4 Å². The smallest absolute Gasteiger partial charge is 0.150 e. The maximum atomic E-state index is 5.09. The van der Waals surface area contributed by atoms with Crippen molar-refractivity contribution in [2.75, 3.05) is 20.1 Å². The maximum absolute atomic E-state index is 5.09. The van der Waals surface area contributed by atoms with Crippen molar-refractivity contribution in [2.45, 2.75) is 25.4 Å². The third-order valence-corrected chi connectivity index (χ3v) is 2.78. The van der Waals surface area contributed by atoms with Crippen molar-refractivity contribution in [3.63, 3.8) is 0 Å². The van der Waals surface area contributed by atoms with Gasteiger partial charge in [0.25, 0.3) is 0 Å². The summed E-state index contributed by atoms with van der Waals surface area (Å²) in [7, 11) is 2.03. The molecule has 1 atom stereocenters. The van der Waals surface area contributed by atoms with Crippen LogP contribution in [0.15, 0.2) is 16.8 Å². The summed E-state index contributed by atoms with van der Waals surface area (Å²) in [6, 6.07) is 2.56. The van der Waals surface area contributed by atoms with Crippen molar-refractivity contribution in [3.8, 4) is 0 Å². The first-order valence-electron chi connectivity index (χ1n) is 5.17. The highest BCUT2D eigenvalue weighted by atomic mass is 16.5. The molecule has 1 aromatic rings. The molecule has 14 heavy (non-hydrogen) atoms. The van der Waals surface area contributed by atoms with Crippen molar-refractivity contribution >= 4 is 0 Å². The van der Waals surface area contributed by atoms with Gasteiger partial charge in [-0.15, -0.1) is 0 Å². The first-order valence-corrected chi connectivity index (χ1v) is 5.17. The van der Waals surface area contributed by atoms with Crippen LogP contribution in [-0.2, 0) is 6.54 Å². The molecule has 1 saturated heterocycles. The highest BCUT2D eigenvalue weighted by molar-refractivity contribution is 4.93. The molecule has 1 unspecified atom stereocenters. The molecule has 1 aromatic heterocycles. The minimum Gasteiger partial charge on any atom is -0.360 e. The zero-order valence-electron chi connectivity index (χ0n) is 8.57. The molecule has 0 aromatic carbocycles. The maximum Gasteiger partial charge on any atom is 0.150 e. The Hall–Kier alpha value is -0.870. The standard InChI is InChI=1S/C10H17N3O/c1-11-9-3-2-6-13(7-9)8-10-4-5-12-14-10/h4-5,9,11H,2-3,6-8H2,1H3. The predicted molar refractivity (Wildman–Crippen MR) is 53.9 cm³/mol. The van der Waals surface area contributed by atoms with E-state index in [0.29, 0.717) is 6.04 Å². The van der Waals surface area contributed by atoms with E-state index >= 15 is 0 Å². The molecule has 1 N–H and O–H groups in total. The molecule has 2 heterocycles. The van der Waals surface area contributed by atoms with Crippen LogP contribution in [0.25, 0.3) is 0 Å². The Morgan fingerprint density at radius 1 is 1.71 bits per heavy atom. The number of piperidine rings is 1. The van der Waals surface area contributed by atoms with E-state index < -0.39 is 0 Å². The van der Waals surface area contributed by atoms with Crippen LogP contribution in [0.1, 0.15) is 18.6 Å². The Balaban J connectivity index is 1.86. The van der Waals surface area contributed by atoms with Gasteiger partial charge in [0.05, 0.1) is 12.7 Å². The van der Waals surface area contributed by atoms with Crippen LogP contribution in [-0.4, -0.2) is 36.2 Å². The van der Waals surface area contributed by atoms with Gasteiger partial charge in [0.2, 0.25) is 0 Å². The van der Waals surface area contributed by atoms with Crippen LogP contribution < -0.4 is 5.32 Å². The molecule has 0 aliphatic carbocycles. The van der Waals surface area contributed by atoms with Crippen LogP contribution in [0.4, 0.5) is 0 Å². The average Bonchev–Trinajstić information content (AvgIpc) is 2.71. The van der Waals surface area contributed by atoms with Crippen LogP contribution >= 0.6 is 0 Å². The summed E-state index contributed by atoms with van der Waals surface area (Å²) in [5.41, 5.74) is 0. The molecule has 1 aliphatic heterocycles. The molecule has 78 valence electrons. The lowest BCUT2D eigenvalue weighted by atomic mass is 10.1. The molecule has 4 nitrogen and oxygen atoms in total. The van der Waals surface area contributed by atoms with Crippen LogP contribution in [0.2, 0.25) is 0 Å². The second-order valence-electron chi connectivity index (χ2n) is 3.84. The van der Waals surface area contributed by atoms with E-state index in [9.17, 15) is 0 Å². The number of aromatic nitrogens is 1. The van der Waals surface area contributed by atoms with E-state index in [2.05, 4.69) is 15.4 Å². The van der Waals surface area contributed by atoms with Crippen molar-refractivity contribution in [2.24, 2.45) is 0 Å². The quantitative estimate of drug-likeness (QED) is 0.776. The fourth-order valence-electron chi connectivity index (χ4n) is 1.98. The highest BCUT2D eigenvalue weighted by Gasteiger charge is 2.18. The van der Waals surface area contributed by atoms with E-state index in [1.165, 1.54) is 19.4 Å². The van der Waals surface area contributed by atoms with Gasteiger partial charge in [-0.2, -0.15) is 0 Å². The third kappa shape index (κ3) is 2.33. The SMILES string of the molecule is CNC1CCCN(Cc2ccno2)C1. The second kappa shape index (κ2) is 4.57. The molecule has 2 rings (SSSR count). The number of rotatable bonds is 3. The fraction of sp³-hybridized carbons (Fsp3) is 0.700. The van der Waals surface area contributed by atoms with E-state index in [-0.39, 0.29) is 0 Å². The van der Waals surface area contributed by atoms with Gasteiger partial charge < -0.3 is 9.84 Å². The Kier molecular flexibility index (Phi) is 3.16. The van der Waals surface area contributed by atoms with Gasteiger partial charge in [-0.1, -0.05) is 5.16 Å². The van der Waals surface area contributed by atoms with Gasteiger partial charge in [-0.05, 0) is 26.4 Å². The van der Waals surface area contributed by atoms with Gasteiger partial charge in [0.1, 0.15) is 0 Å². The number of likely N-dealkylation sites (tertiary alicyclic amines) is 1. The van der Waals surface area contributed by atoms with Gasteiger partial charge in [-0.25, -0.2) is 0 Å². The average molecular weight is 195 g/mol. The van der Waals surface area contributed by atoms with Gasteiger partial charge >= 0.3 is 0 Å². The Morgan fingerprint density at radius 3 is 3.36 bits per heavy atom. The van der Waals surface area contributed by atoms with Gasteiger partial charge in [-0.3, -0.25) is 4.90 Å². The van der Waals surface area contributed by atoms with Crippen molar-refractivity contribution < 1.29 is 4.52 Å². The summed E-state index contributed by atoms with van der Waals surface area (Å²) < 4.78 is 5.09. The van der Waals surface area contributed by atoms with E-state index in [0.717, 1.165) is 18.8 Å². The fourth-order valence-corrected chi connectivity index (χ4v) is 1.98. The first-order chi connectivity index (χ1) is 6.88. The minimum atomic E-state index is 0.631. The molecular weight excluding hydrogens is 178 g/mol. The summed E-state index contributed by atoms with van der Waals surface area (Å²) in [5, 5.41) is 7.04. The first kappa shape index (κ1) is 9.68. The summed E-state index contributed by atoms with van der Waals surface area (Å²) in [5.74, 6) is 0.960. The van der Waals surface area contributed by atoms with E-state index in [1.807, 2.05) is 13.1 Å². The number of likely N-dealkylation sites (N-methyl/N-ethyl adjacent to an activating group) is 1. The Bertz CT molecular complexity index is 260. The lowest BCUT2D eigenvalue weighted by molar-refractivity contribution is 0.170. The molecule has 0 bridgehead atoms. The van der Waals surface area contributed by atoms with Gasteiger partial charge in [0.15, 0.2) is 5.76 Å². The van der Waals surface area contributed by atoms with Crippen LogP contribution in [0, 0.1) is 0 Å². The predicted octanol–water partition coefficient (Wildman–Crippen LogP) is 0.858. The van der Waals surface area contributed by atoms with Crippen LogP contribution in [0.5, 0.6) is 0 Å². The Labute approximate surface area is 84.3 Å². The molecule has 0 radical (unpaired) electrons. The number of hydrogen-bond donors (Lipinski definition) is 1. The summed E-state index contributed by atoms with van der Waals surface area (Å²) >= 11 is 0. The summed E-state index contributed by atoms with van der Waals surface area (Å²) in [6.45, 7) is 3.16. The van der Waals surface area contributed by atoms with E-state index in [1.54, 1.807) is 6.20 Å². The molecule has 1 aliphatic rings. The monoisotopic (exact) mass is 195 g/mol. The van der Waals surface area contributed by atoms with Crippen molar-refractivity contribution in [1.29, 1.82) is 0 Å². The normalized spacial score (nSPS) is 23.9.